The fourth-order valence-electron chi connectivity index (χ4n) is 3.42. The number of anilines is 1. The van der Waals surface area contributed by atoms with Crippen LogP contribution in [-0.2, 0) is 27.8 Å². The molecule has 1 amide bonds. The number of rotatable bonds is 4. The van der Waals surface area contributed by atoms with Crippen LogP contribution in [0.2, 0.25) is 10.0 Å². The Bertz CT molecular complexity index is 958. The zero-order chi connectivity index (χ0) is 19.8. The molecule has 2 aromatic rings. The van der Waals surface area contributed by atoms with Crippen molar-refractivity contribution in [2.75, 3.05) is 17.1 Å². The van der Waals surface area contributed by atoms with E-state index in [-0.39, 0.29) is 11.6 Å². The number of nitrogens with zero attached hydrogens (tertiary/aromatic N) is 2. The summed E-state index contributed by atoms with van der Waals surface area (Å²) in [6.07, 6.45) is 1.81. The van der Waals surface area contributed by atoms with Gasteiger partial charge in [-0.3, -0.25) is 9.10 Å². The highest BCUT2D eigenvalue weighted by molar-refractivity contribution is 7.92. The van der Waals surface area contributed by atoms with Crippen molar-refractivity contribution in [3.05, 3.63) is 63.6 Å². The summed E-state index contributed by atoms with van der Waals surface area (Å²) in [6, 6.07) is 11.5. The summed E-state index contributed by atoms with van der Waals surface area (Å²) in [4.78, 5) is 14.8. The van der Waals surface area contributed by atoms with Crippen molar-refractivity contribution in [1.82, 2.24) is 4.90 Å². The maximum atomic E-state index is 13.1. The van der Waals surface area contributed by atoms with Crippen LogP contribution in [0.1, 0.15) is 18.1 Å². The van der Waals surface area contributed by atoms with Crippen molar-refractivity contribution in [1.29, 1.82) is 0 Å². The highest BCUT2D eigenvalue weighted by Crippen LogP contribution is 2.29. The van der Waals surface area contributed by atoms with Crippen molar-refractivity contribution < 1.29 is 13.2 Å². The summed E-state index contributed by atoms with van der Waals surface area (Å²) in [5, 5.41) is 0.607. The van der Waals surface area contributed by atoms with Crippen LogP contribution in [0.15, 0.2) is 42.5 Å². The Morgan fingerprint density at radius 3 is 2.30 bits per heavy atom. The number of sulfonamides is 1. The van der Waals surface area contributed by atoms with Gasteiger partial charge in [0.1, 0.15) is 6.04 Å². The molecule has 1 heterocycles. The third-order valence-corrected chi connectivity index (χ3v) is 6.29. The van der Waals surface area contributed by atoms with Gasteiger partial charge in [-0.2, -0.15) is 0 Å². The van der Waals surface area contributed by atoms with Gasteiger partial charge < -0.3 is 4.90 Å². The molecule has 8 heteroatoms. The molecule has 3 rings (SSSR count). The molecular weight excluding hydrogens is 407 g/mol. The van der Waals surface area contributed by atoms with E-state index in [2.05, 4.69) is 6.07 Å². The summed E-state index contributed by atoms with van der Waals surface area (Å²) < 4.78 is 26.0. The highest BCUT2D eigenvalue weighted by atomic mass is 35.5. The molecule has 0 saturated heterocycles. The predicted molar refractivity (Wildman–Crippen MR) is 109 cm³/mol. The Morgan fingerprint density at radius 1 is 1.11 bits per heavy atom. The maximum Gasteiger partial charge on any atom is 0.246 e. The largest absolute Gasteiger partial charge is 0.336 e. The minimum atomic E-state index is -3.73. The fourth-order valence-corrected chi connectivity index (χ4v) is 5.08. The van der Waals surface area contributed by atoms with Crippen LogP contribution in [0.3, 0.4) is 0 Å². The first-order valence-corrected chi connectivity index (χ1v) is 11.1. The molecule has 0 unspecified atom stereocenters. The number of hydrogen-bond donors (Lipinski definition) is 0. The van der Waals surface area contributed by atoms with Crippen LogP contribution in [-0.4, -0.2) is 38.1 Å². The molecule has 1 aliphatic heterocycles. The molecule has 0 N–H and O–H groups in total. The van der Waals surface area contributed by atoms with E-state index in [0.29, 0.717) is 23.1 Å². The Kier molecular flexibility index (Phi) is 5.70. The van der Waals surface area contributed by atoms with Gasteiger partial charge in [-0.1, -0.05) is 47.5 Å². The molecule has 0 saturated carbocycles. The van der Waals surface area contributed by atoms with Crippen molar-refractivity contribution in [3.63, 3.8) is 0 Å². The number of carbonyl (C=O) groups excluding carboxylic acids is 1. The molecule has 1 atom stereocenters. The molecule has 144 valence electrons. The Balaban J connectivity index is 1.91. The van der Waals surface area contributed by atoms with Gasteiger partial charge in [0.05, 0.1) is 11.9 Å². The van der Waals surface area contributed by atoms with Crippen LogP contribution in [0.4, 0.5) is 5.69 Å². The summed E-state index contributed by atoms with van der Waals surface area (Å²) in [5.74, 6) is -0.258. The number of hydrogen-bond acceptors (Lipinski definition) is 3. The van der Waals surface area contributed by atoms with E-state index >= 15 is 0 Å². The van der Waals surface area contributed by atoms with E-state index < -0.39 is 16.1 Å². The minimum absolute atomic E-state index is 0.258. The first-order chi connectivity index (χ1) is 12.7. The second kappa shape index (κ2) is 7.70. The molecule has 0 fully saturated rings. The molecular formula is C19H20Cl2N2O3S. The standard InChI is InChI=1S/C19H20Cl2N2O3S/c1-13(19(24)22-8-7-14-5-3-4-6-15(14)12-22)23(27(2,25)26)18-10-16(20)9-17(21)11-18/h3-6,9-11,13H,7-8,12H2,1-2H3/t13-/m0/s1. The summed E-state index contributed by atoms with van der Waals surface area (Å²) >= 11 is 12.1. The second-order valence-electron chi connectivity index (χ2n) is 6.64. The molecule has 0 spiro atoms. The molecule has 0 bridgehead atoms. The van der Waals surface area contributed by atoms with Crippen LogP contribution in [0.25, 0.3) is 0 Å². The van der Waals surface area contributed by atoms with Crippen LogP contribution in [0.5, 0.6) is 0 Å². The van der Waals surface area contributed by atoms with Gasteiger partial charge >= 0.3 is 0 Å². The monoisotopic (exact) mass is 426 g/mol. The third kappa shape index (κ3) is 4.39. The Hall–Kier alpha value is -1.76. The number of carbonyl (C=O) groups is 1. The topological polar surface area (TPSA) is 57.7 Å². The zero-order valence-electron chi connectivity index (χ0n) is 15.0. The van der Waals surface area contributed by atoms with Crippen LogP contribution in [0, 0.1) is 0 Å². The van der Waals surface area contributed by atoms with Crippen molar-refractivity contribution >= 4 is 44.8 Å². The van der Waals surface area contributed by atoms with Gasteiger partial charge in [-0.05, 0) is 42.7 Å². The fraction of sp³-hybridized carbons (Fsp3) is 0.316. The number of benzene rings is 2. The SMILES string of the molecule is C[C@@H](C(=O)N1CCc2ccccc2C1)N(c1cc(Cl)cc(Cl)c1)S(C)(=O)=O. The quantitative estimate of drug-likeness (QED) is 0.747. The van der Waals surface area contributed by atoms with Crippen molar-refractivity contribution in [3.8, 4) is 0 Å². The van der Waals surface area contributed by atoms with Crippen LogP contribution >= 0.6 is 23.2 Å². The number of fused-ring (bicyclic) bond motifs is 1. The van der Waals surface area contributed by atoms with E-state index in [1.807, 2.05) is 18.2 Å². The molecule has 1 aliphatic rings. The van der Waals surface area contributed by atoms with Gasteiger partial charge in [0.2, 0.25) is 15.9 Å². The van der Waals surface area contributed by atoms with Crippen molar-refractivity contribution in [2.45, 2.75) is 25.9 Å². The molecule has 0 radical (unpaired) electrons. The summed E-state index contributed by atoms with van der Waals surface area (Å²) in [6.45, 7) is 2.60. The Labute approximate surface area is 169 Å². The smallest absolute Gasteiger partial charge is 0.246 e. The minimum Gasteiger partial charge on any atom is -0.336 e. The highest BCUT2D eigenvalue weighted by Gasteiger charge is 2.33. The Morgan fingerprint density at radius 2 is 1.70 bits per heavy atom. The first kappa shape index (κ1) is 20.0. The maximum absolute atomic E-state index is 13.1. The normalized spacial score (nSPS) is 15.2. The summed E-state index contributed by atoms with van der Waals surface area (Å²) in [5.41, 5.74) is 2.57. The second-order valence-corrected chi connectivity index (χ2v) is 9.37. The first-order valence-electron chi connectivity index (χ1n) is 8.48. The number of halogens is 2. The molecule has 0 aliphatic carbocycles. The van der Waals surface area contributed by atoms with E-state index in [9.17, 15) is 13.2 Å². The lowest BCUT2D eigenvalue weighted by Crippen LogP contribution is -2.50. The average molecular weight is 427 g/mol. The predicted octanol–water partition coefficient (Wildman–Crippen LogP) is 3.73. The van der Waals surface area contributed by atoms with E-state index in [1.165, 1.54) is 23.8 Å². The van der Waals surface area contributed by atoms with Gasteiger partial charge in [-0.25, -0.2) is 8.42 Å². The summed E-state index contributed by atoms with van der Waals surface area (Å²) in [7, 11) is -3.73. The van der Waals surface area contributed by atoms with Gasteiger partial charge in [0, 0.05) is 23.1 Å². The molecule has 0 aromatic heterocycles. The third-order valence-electron chi connectivity index (χ3n) is 4.61. The average Bonchev–Trinajstić information content (AvgIpc) is 2.58. The van der Waals surface area contributed by atoms with E-state index in [4.69, 9.17) is 23.2 Å². The van der Waals surface area contributed by atoms with Gasteiger partial charge in [0.15, 0.2) is 0 Å². The zero-order valence-corrected chi connectivity index (χ0v) is 17.4. The van der Waals surface area contributed by atoms with E-state index in [0.717, 1.165) is 22.5 Å². The lowest BCUT2D eigenvalue weighted by molar-refractivity contribution is -0.132. The molecule has 2 aromatic carbocycles. The molecule has 5 nitrogen and oxygen atoms in total. The lowest BCUT2D eigenvalue weighted by atomic mass is 9.99. The van der Waals surface area contributed by atoms with Crippen molar-refractivity contribution in [2.24, 2.45) is 0 Å². The van der Waals surface area contributed by atoms with Gasteiger partial charge in [0.25, 0.3) is 0 Å². The van der Waals surface area contributed by atoms with Crippen LogP contribution < -0.4 is 4.31 Å². The number of amides is 1. The van der Waals surface area contributed by atoms with E-state index in [1.54, 1.807) is 11.8 Å². The van der Waals surface area contributed by atoms with Gasteiger partial charge in [-0.15, -0.1) is 0 Å². The molecule has 27 heavy (non-hydrogen) atoms. The lowest BCUT2D eigenvalue weighted by Gasteiger charge is -2.35.